The number of alkyl halides is 3. The van der Waals surface area contributed by atoms with Crippen LogP contribution in [0.15, 0.2) is 42.5 Å². The third-order valence-electron chi connectivity index (χ3n) is 4.02. The number of nitrogens with zero attached hydrogens (tertiary/aromatic N) is 1. The molecular weight excluding hydrogens is 395 g/mol. The number of benzene rings is 2. The Morgan fingerprint density at radius 3 is 2.45 bits per heavy atom. The van der Waals surface area contributed by atoms with E-state index in [1.165, 1.54) is 25.3 Å². The van der Waals surface area contributed by atoms with Gasteiger partial charge in [-0.3, -0.25) is 19.7 Å². The average Bonchev–Trinajstić information content (AvgIpc) is 2.66. The molecule has 11 heteroatoms. The first-order valence-corrected chi connectivity index (χ1v) is 8.12. The van der Waals surface area contributed by atoms with Crippen molar-refractivity contribution in [2.75, 3.05) is 7.11 Å². The van der Waals surface area contributed by atoms with Crippen LogP contribution in [0.3, 0.4) is 0 Å². The van der Waals surface area contributed by atoms with Crippen molar-refractivity contribution in [2.45, 2.75) is 18.6 Å². The summed E-state index contributed by atoms with van der Waals surface area (Å²) in [6.07, 6.45) is -5.10. The van der Waals surface area contributed by atoms with Gasteiger partial charge in [-0.2, -0.15) is 13.2 Å². The molecule has 0 unspecified atom stereocenters. The van der Waals surface area contributed by atoms with Gasteiger partial charge in [0.15, 0.2) is 0 Å². The second-order valence-corrected chi connectivity index (χ2v) is 5.93. The number of halogens is 3. The van der Waals surface area contributed by atoms with Crippen molar-refractivity contribution < 1.29 is 32.4 Å². The first kappa shape index (κ1) is 21.7. The van der Waals surface area contributed by atoms with Gasteiger partial charge in [0.25, 0.3) is 11.6 Å². The summed E-state index contributed by atoms with van der Waals surface area (Å²) < 4.78 is 44.4. The molecule has 154 valence electrons. The van der Waals surface area contributed by atoms with Crippen molar-refractivity contribution in [2.24, 2.45) is 5.73 Å². The quantitative estimate of drug-likeness (QED) is 0.535. The van der Waals surface area contributed by atoms with Crippen LogP contribution < -0.4 is 15.8 Å². The monoisotopic (exact) mass is 411 g/mol. The van der Waals surface area contributed by atoms with E-state index in [0.29, 0.717) is 0 Å². The predicted molar refractivity (Wildman–Crippen MR) is 95.2 cm³/mol. The predicted octanol–water partition coefficient (Wildman–Crippen LogP) is 2.45. The number of carbonyl (C=O) groups is 2. The lowest BCUT2D eigenvalue weighted by Gasteiger charge is -2.19. The van der Waals surface area contributed by atoms with E-state index in [2.05, 4.69) is 5.32 Å². The van der Waals surface area contributed by atoms with Crippen LogP contribution in [0.25, 0.3) is 0 Å². The average molecular weight is 411 g/mol. The van der Waals surface area contributed by atoms with E-state index >= 15 is 0 Å². The molecule has 1 atom stereocenters. The summed E-state index contributed by atoms with van der Waals surface area (Å²) in [5, 5.41) is 13.1. The molecule has 0 fully saturated rings. The lowest BCUT2D eigenvalue weighted by atomic mass is 10.0. The number of hydrogen-bond acceptors (Lipinski definition) is 5. The van der Waals surface area contributed by atoms with Crippen LogP contribution in [0.2, 0.25) is 0 Å². The number of nitro groups is 1. The van der Waals surface area contributed by atoms with E-state index in [1.54, 1.807) is 0 Å². The Kier molecular flexibility index (Phi) is 6.42. The van der Waals surface area contributed by atoms with Gasteiger partial charge in [-0.05, 0) is 18.2 Å². The number of nitrogens with one attached hydrogen (secondary N) is 1. The molecule has 0 aliphatic rings. The molecule has 0 radical (unpaired) electrons. The number of hydrogen-bond donors (Lipinski definition) is 2. The number of amides is 2. The molecule has 2 amide bonds. The Balaban J connectivity index is 2.33. The number of methoxy groups -OCH3 is 1. The summed E-state index contributed by atoms with van der Waals surface area (Å²) in [5.74, 6) is -2.01. The maximum atomic E-state index is 13.1. The second kappa shape index (κ2) is 8.59. The number of non-ortho nitro benzene ring substituents is 1. The summed E-state index contributed by atoms with van der Waals surface area (Å²) >= 11 is 0. The Morgan fingerprint density at radius 2 is 1.90 bits per heavy atom. The van der Waals surface area contributed by atoms with Gasteiger partial charge in [-0.1, -0.05) is 12.1 Å². The highest BCUT2D eigenvalue weighted by Gasteiger charge is 2.35. The minimum atomic E-state index is -4.78. The van der Waals surface area contributed by atoms with Crippen molar-refractivity contribution >= 4 is 17.5 Å². The van der Waals surface area contributed by atoms with E-state index in [-0.39, 0.29) is 23.4 Å². The summed E-state index contributed by atoms with van der Waals surface area (Å²) in [6.45, 7) is 0. The van der Waals surface area contributed by atoms with E-state index in [0.717, 1.165) is 24.3 Å². The van der Waals surface area contributed by atoms with Gasteiger partial charge < -0.3 is 15.8 Å². The first-order chi connectivity index (χ1) is 13.5. The van der Waals surface area contributed by atoms with E-state index in [4.69, 9.17) is 10.5 Å². The van der Waals surface area contributed by atoms with Gasteiger partial charge >= 0.3 is 6.18 Å². The number of rotatable bonds is 7. The molecule has 0 heterocycles. The topological polar surface area (TPSA) is 125 Å². The molecule has 29 heavy (non-hydrogen) atoms. The van der Waals surface area contributed by atoms with Crippen molar-refractivity contribution in [3.8, 4) is 5.75 Å². The Hall–Kier alpha value is -3.63. The van der Waals surface area contributed by atoms with Crippen LogP contribution >= 0.6 is 0 Å². The van der Waals surface area contributed by atoms with E-state index < -0.39 is 40.1 Å². The maximum absolute atomic E-state index is 13.1. The molecule has 2 aromatic rings. The van der Waals surface area contributed by atoms with Crippen molar-refractivity contribution in [3.05, 3.63) is 69.3 Å². The van der Waals surface area contributed by atoms with Crippen LogP contribution in [0.1, 0.15) is 21.5 Å². The molecular formula is C18H16F3N3O5. The SMILES string of the molecule is COc1ccc([N+](=O)[O-])cc1C[C@@H](NC(=O)c1ccccc1C(F)(F)F)C(N)=O. The molecule has 0 aliphatic carbocycles. The summed E-state index contributed by atoms with van der Waals surface area (Å²) in [6, 6.07) is 6.24. The van der Waals surface area contributed by atoms with E-state index in [9.17, 15) is 32.9 Å². The first-order valence-electron chi connectivity index (χ1n) is 8.12. The van der Waals surface area contributed by atoms with Crippen LogP contribution in [-0.4, -0.2) is 29.9 Å². The molecule has 3 N–H and O–H groups in total. The van der Waals surface area contributed by atoms with Crippen molar-refractivity contribution in [1.29, 1.82) is 0 Å². The highest BCUT2D eigenvalue weighted by Crippen LogP contribution is 2.32. The van der Waals surface area contributed by atoms with Gasteiger partial charge in [0.05, 0.1) is 23.2 Å². The van der Waals surface area contributed by atoms with Crippen LogP contribution in [0, 0.1) is 10.1 Å². The molecule has 2 rings (SSSR count). The van der Waals surface area contributed by atoms with Gasteiger partial charge in [-0.25, -0.2) is 0 Å². The van der Waals surface area contributed by atoms with E-state index in [1.807, 2.05) is 0 Å². The van der Waals surface area contributed by atoms with Crippen LogP contribution in [0.4, 0.5) is 18.9 Å². The normalized spacial score (nSPS) is 12.1. The molecule has 0 saturated heterocycles. The molecule has 0 bridgehead atoms. The number of ether oxygens (including phenoxy) is 1. The highest BCUT2D eigenvalue weighted by molar-refractivity contribution is 5.98. The third-order valence-corrected chi connectivity index (χ3v) is 4.02. The molecule has 0 spiro atoms. The second-order valence-electron chi connectivity index (χ2n) is 5.93. The standard InChI is InChI=1S/C18H16F3N3O5/c1-29-15-7-6-11(24(27)28)8-10(15)9-14(16(22)25)23-17(26)12-4-2-3-5-13(12)18(19,20)21/h2-8,14H,9H2,1H3,(H2,22,25)(H,23,26)/t14-/m1/s1. The largest absolute Gasteiger partial charge is 0.496 e. The number of primary amides is 1. The highest BCUT2D eigenvalue weighted by atomic mass is 19.4. The molecule has 0 aromatic heterocycles. The minimum Gasteiger partial charge on any atom is -0.496 e. The molecule has 8 nitrogen and oxygen atoms in total. The van der Waals surface area contributed by atoms with Crippen molar-refractivity contribution in [3.63, 3.8) is 0 Å². The number of carbonyl (C=O) groups excluding carboxylic acids is 2. The van der Waals surface area contributed by atoms with Crippen LogP contribution in [0.5, 0.6) is 5.75 Å². The number of nitrogens with two attached hydrogens (primary N) is 1. The molecule has 2 aromatic carbocycles. The van der Waals surface area contributed by atoms with Crippen LogP contribution in [-0.2, 0) is 17.4 Å². The summed E-state index contributed by atoms with van der Waals surface area (Å²) in [7, 11) is 1.29. The Morgan fingerprint density at radius 1 is 1.24 bits per heavy atom. The lowest BCUT2D eigenvalue weighted by Crippen LogP contribution is -2.46. The number of nitro benzene ring substituents is 1. The zero-order valence-electron chi connectivity index (χ0n) is 15.0. The zero-order valence-corrected chi connectivity index (χ0v) is 15.0. The third kappa shape index (κ3) is 5.21. The maximum Gasteiger partial charge on any atom is 0.417 e. The smallest absolute Gasteiger partial charge is 0.417 e. The zero-order chi connectivity index (χ0) is 21.8. The molecule has 0 aliphatic heterocycles. The van der Waals surface area contributed by atoms with Gasteiger partial charge in [-0.15, -0.1) is 0 Å². The lowest BCUT2D eigenvalue weighted by molar-refractivity contribution is -0.384. The van der Waals surface area contributed by atoms with Gasteiger partial charge in [0.1, 0.15) is 11.8 Å². The minimum absolute atomic E-state index is 0.176. The fourth-order valence-electron chi connectivity index (χ4n) is 2.65. The summed E-state index contributed by atoms with van der Waals surface area (Å²) in [4.78, 5) is 34.5. The summed E-state index contributed by atoms with van der Waals surface area (Å²) in [5.41, 5.74) is 3.30. The van der Waals surface area contributed by atoms with Gasteiger partial charge in [0.2, 0.25) is 5.91 Å². The fraction of sp³-hybridized carbons (Fsp3) is 0.222. The Bertz CT molecular complexity index is 947. The van der Waals surface area contributed by atoms with Gasteiger partial charge in [0, 0.05) is 24.1 Å². The Labute approximate surface area is 162 Å². The van der Waals surface area contributed by atoms with Crippen molar-refractivity contribution in [1.82, 2.24) is 5.32 Å². The fourth-order valence-corrected chi connectivity index (χ4v) is 2.65. The molecule has 0 saturated carbocycles.